The Morgan fingerprint density at radius 3 is 3.18 bits per heavy atom. The highest BCUT2D eigenvalue weighted by Crippen LogP contribution is 2.28. The van der Waals surface area contributed by atoms with Crippen molar-refractivity contribution in [2.45, 2.75) is 26.2 Å². The van der Waals surface area contributed by atoms with Crippen molar-refractivity contribution < 1.29 is 4.79 Å². The molecule has 1 aromatic carbocycles. The van der Waals surface area contributed by atoms with Gasteiger partial charge in [0.15, 0.2) is 0 Å². The summed E-state index contributed by atoms with van der Waals surface area (Å²) in [6.07, 6.45) is 3.08. The highest BCUT2D eigenvalue weighted by molar-refractivity contribution is 5.91. The monoisotopic (exact) mass is 233 g/mol. The van der Waals surface area contributed by atoms with Crippen LogP contribution in [-0.4, -0.2) is 19.1 Å². The summed E-state index contributed by atoms with van der Waals surface area (Å²) >= 11 is 0. The van der Waals surface area contributed by atoms with Crippen molar-refractivity contribution in [1.82, 2.24) is 5.32 Å². The molecule has 1 heterocycles. The summed E-state index contributed by atoms with van der Waals surface area (Å²) in [5.74, 6) is 0. The van der Waals surface area contributed by atoms with E-state index in [1.807, 2.05) is 19.1 Å². The second kappa shape index (κ2) is 5.57. The molecule has 0 aromatic heterocycles. The van der Waals surface area contributed by atoms with Crippen LogP contribution in [0.2, 0.25) is 0 Å². The van der Waals surface area contributed by atoms with Gasteiger partial charge in [-0.2, -0.15) is 0 Å². The van der Waals surface area contributed by atoms with E-state index < -0.39 is 0 Å². The second-order valence-electron chi connectivity index (χ2n) is 4.24. The molecule has 0 unspecified atom stereocenters. The van der Waals surface area contributed by atoms with Crippen molar-refractivity contribution in [3.63, 3.8) is 0 Å². The number of nitrogens with one attached hydrogen (secondary N) is 3. The number of rotatable bonds is 3. The molecule has 4 nitrogen and oxygen atoms in total. The predicted octanol–water partition coefficient (Wildman–Crippen LogP) is 2.58. The van der Waals surface area contributed by atoms with Gasteiger partial charge in [0.2, 0.25) is 0 Å². The number of carbonyl (C=O) groups excluding carboxylic acids is 1. The average molecular weight is 233 g/mol. The third-order valence-corrected chi connectivity index (χ3v) is 2.88. The Kier molecular flexibility index (Phi) is 3.85. The molecule has 0 fully saturated rings. The fourth-order valence-corrected chi connectivity index (χ4v) is 2.03. The standard InChI is InChI=1S/C13H19N3O/c1-2-8-15-13(17)16-12-7-3-6-11-10(12)5-4-9-14-11/h3,6-7,14H,2,4-5,8-9H2,1H3,(H2,15,16,17). The first-order valence-electron chi connectivity index (χ1n) is 6.22. The number of amides is 2. The zero-order chi connectivity index (χ0) is 12.1. The molecular formula is C13H19N3O. The Morgan fingerprint density at radius 2 is 2.35 bits per heavy atom. The molecule has 17 heavy (non-hydrogen) atoms. The van der Waals surface area contributed by atoms with Gasteiger partial charge in [0, 0.05) is 24.5 Å². The van der Waals surface area contributed by atoms with E-state index in [0.717, 1.165) is 37.2 Å². The highest BCUT2D eigenvalue weighted by Gasteiger charge is 2.13. The lowest BCUT2D eigenvalue weighted by molar-refractivity contribution is 0.252. The Labute approximate surface area is 102 Å². The first kappa shape index (κ1) is 11.8. The number of benzene rings is 1. The molecule has 0 saturated carbocycles. The molecule has 1 aromatic rings. The van der Waals surface area contributed by atoms with Gasteiger partial charge in [0.05, 0.1) is 0 Å². The Balaban J connectivity index is 2.08. The molecule has 0 saturated heterocycles. The molecule has 0 aliphatic carbocycles. The molecule has 2 rings (SSSR count). The van der Waals surface area contributed by atoms with Crippen LogP contribution in [0.3, 0.4) is 0 Å². The summed E-state index contributed by atoms with van der Waals surface area (Å²) in [5, 5.41) is 9.08. The van der Waals surface area contributed by atoms with Gasteiger partial charge in [-0.25, -0.2) is 4.79 Å². The van der Waals surface area contributed by atoms with E-state index >= 15 is 0 Å². The van der Waals surface area contributed by atoms with Gasteiger partial charge in [-0.05, 0) is 37.0 Å². The lowest BCUT2D eigenvalue weighted by atomic mass is 10.0. The highest BCUT2D eigenvalue weighted by atomic mass is 16.2. The summed E-state index contributed by atoms with van der Waals surface area (Å²) in [6.45, 7) is 3.76. The number of fused-ring (bicyclic) bond motifs is 1. The topological polar surface area (TPSA) is 53.2 Å². The fourth-order valence-electron chi connectivity index (χ4n) is 2.03. The maximum Gasteiger partial charge on any atom is 0.319 e. The minimum Gasteiger partial charge on any atom is -0.385 e. The van der Waals surface area contributed by atoms with Gasteiger partial charge >= 0.3 is 6.03 Å². The van der Waals surface area contributed by atoms with Crippen LogP contribution in [-0.2, 0) is 6.42 Å². The van der Waals surface area contributed by atoms with E-state index in [2.05, 4.69) is 22.0 Å². The van der Waals surface area contributed by atoms with E-state index in [1.165, 1.54) is 5.56 Å². The third kappa shape index (κ3) is 2.90. The fraction of sp³-hybridized carbons (Fsp3) is 0.462. The molecule has 92 valence electrons. The van der Waals surface area contributed by atoms with Crippen molar-refractivity contribution in [2.75, 3.05) is 23.7 Å². The van der Waals surface area contributed by atoms with Gasteiger partial charge in [-0.1, -0.05) is 13.0 Å². The van der Waals surface area contributed by atoms with Crippen molar-refractivity contribution in [3.8, 4) is 0 Å². The van der Waals surface area contributed by atoms with Crippen LogP contribution in [0.4, 0.5) is 16.2 Å². The van der Waals surface area contributed by atoms with E-state index in [9.17, 15) is 4.79 Å². The third-order valence-electron chi connectivity index (χ3n) is 2.88. The molecule has 0 bridgehead atoms. The lowest BCUT2D eigenvalue weighted by Gasteiger charge is -2.21. The smallest absolute Gasteiger partial charge is 0.319 e. The maximum absolute atomic E-state index is 11.6. The molecule has 3 N–H and O–H groups in total. The van der Waals surface area contributed by atoms with Crippen LogP contribution >= 0.6 is 0 Å². The second-order valence-corrected chi connectivity index (χ2v) is 4.24. The number of anilines is 2. The van der Waals surface area contributed by atoms with Crippen LogP contribution in [0.1, 0.15) is 25.3 Å². The van der Waals surface area contributed by atoms with Gasteiger partial charge in [0.1, 0.15) is 0 Å². The van der Waals surface area contributed by atoms with Crippen molar-refractivity contribution >= 4 is 17.4 Å². The average Bonchev–Trinajstić information content (AvgIpc) is 2.37. The maximum atomic E-state index is 11.6. The first-order chi connectivity index (χ1) is 8.31. The molecular weight excluding hydrogens is 214 g/mol. The number of hydrogen-bond acceptors (Lipinski definition) is 2. The molecule has 2 amide bonds. The minimum atomic E-state index is -0.120. The van der Waals surface area contributed by atoms with Crippen LogP contribution < -0.4 is 16.0 Å². The summed E-state index contributed by atoms with van der Waals surface area (Å²) in [7, 11) is 0. The first-order valence-corrected chi connectivity index (χ1v) is 6.22. The predicted molar refractivity (Wildman–Crippen MR) is 70.6 cm³/mol. The van der Waals surface area contributed by atoms with E-state index in [0.29, 0.717) is 6.54 Å². The van der Waals surface area contributed by atoms with Crippen LogP contribution in [0.25, 0.3) is 0 Å². The summed E-state index contributed by atoms with van der Waals surface area (Å²) < 4.78 is 0. The van der Waals surface area contributed by atoms with Crippen molar-refractivity contribution in [2.24, 2.45) is 0 Å². The summed E-state index contributed by atoms with van der Waals surface area (Å²) in [4.78, 5) is 11.6. The lowest BCUT2D eigenvalue weighted by Crippen LogP contribution is -2.30. The van der Waals surface area contributed by atoms with Crippen molar-refractivity contribution in [3.05, 3.63) is 23.8 Å². The molecule has 1 aliphatic rings. The minimum absolute atomic E-state index is 0.120. The van der Waals surface area contributed by atoms with Crippen LogP contribution in [0.15, 0.2) is 18.2 Å². The molecule has 0 atom stereocenters. The van der Waals surface area contributed by atoms with Gasteiger partial charge < -0.3 is 16.0 Å². The molecule has 0 radical (unpaired) electrons. The van der Waals surface area contributed by atoms with E-state index in [-0.39, 0.29) is 6.03 Å². The van der Waals surface area contributed by atoms with E-state index in [1.54, 1.807) is 0 Å². The Bertz CT molecular complexity index is 404. The Morgan fingerprint density at radius 1 is 1.47 bits per heavy atom. The molecule has 4 heteroatoms. The zero-order valence-corrected chi connectivity index (χ0v) is 10.2. The Hall–Kier alpha value is -1.71. The number of carbonyl (C=O) groups is 1. The normalized spacial score (nSPS) is 13.5. The SMILES string of the molecule is CCCNC(=O)Nc1cccc2c1CCCN2. The number of hydrogen-bond donors (Lipinski definition) is 3. The summed E-state index contributed by atoms with van der Waals surface area (Å²) in [5.41, 5.74) is 3.28. The van der Waals surface area contributed by atoms with Gasteiger partial charge in [0.25, 0.3) is 0 Å². The molecule has 1 aliphatic heterocycles. The largest absolute Gasteiger partial charge is 0.385 e. The summed E-state index contributed by atoms with van der Waals surface area (Å²) in [6, 6.07) is 5.86. The molecule has 0 spiro atoms. The van der Waals surface area contributed by atoms with E-state index in [4.69, 9.17) is 0 Å². The van der Waals surface area contributed by atoms with Gasteiger partial charge in [-0.3, -0.25) is 0 Å². The van der Waals surface area contributed by atoms with Crippen molar-refractivity contribution in [1.29, 1.82) is 0 Å². The quantitative estimate of drug-likeness (QED) is 0.751. The van der Waals surface area contributed by atoms with Gasteiger partial charge in [-0.15, -0.1) is 0 Å². The number of urea groups is 1. The zero-order valence-electron chi connectivity index (χ0n) is 10.2. The van der Waals surface area contributed by atoms with Crippen LogP contribution in [0, 0.1) is 0 Å². The van der Waals surface area contributed by atoms with Crippen LogP contribution in [0.5, 0.6) is 0 Å².